The van der Waals surface area contributed by atoms with Crippen molar-refractivity contribution in [2.24, 2.45) is 0 Å². The van der Waals surface area contributed by atoms with Crippen molar-refractivity contribution in [3.8, 4) is 0 Å². The number of rotatable bonds is 6. The molecule has 86 valence electrons. The van der Waals surface area contributed by atoms with Gasteiger partial charge in [0.15, 0.2) is 5.82 Å². The molecule has 2 rings (SSSR count). The van der Waals surface area contributed by atoms with E-state index in [1.807, 2.05) is 23.9 Å². The Balaban J connectivity index is 1.59. The summed E-state index contributed by atoms with van der Waals surface area (Å²) in [5, 5.41) is 11.1. The first kappa shape index (κ1) is 10.8. The van der Waals surface area contributed by atoms with Crippen molar-refractivity contribution >= 4 is 0 Å². The highest BCUT2D eigenvalue weighted by Gasteiger charge is 2.01. The average molecular weight is 221 g/mol. The van der Waals surface area contributed by atoms with Gasteiger partial charge in [-0.05, 0) is 13.0 Å². The molecule has 16 heavy (non-hydrogen) atoms. The standard InChI is InChI=1S/C10H15N5O/c1-9-13-10(16-14-9)3-5-11-6-8-15-7-2-4-12-15/h2,4,7,11H,3,5-6,8H2,1H3. The first-order valence-electron chi connectivity index (χ1n) is 5.32. The Morgan fingerprint density at radius 1 is 1.44 bits per heavy atom. The topological polar surface area (TPSA) is 68.8 Å². The average Bonchev–Trinajstić information content (AvgIpc) is 2.89. The number of aryl methyl sites for hydroxylation is 1. The molecule has 0 saturated carbocycles. The Labute approximate surface area is 93.7 Å². The fraction of sp³-hybridized carbons (Fsp3) is 0.500. The van der Waals surface area contributed by atoms with Gasteiger partial charge in [0.1, 0.15) is 0 Å². The van der Waals surface area contributed by atoms with Crippen LogP contribution in [0.15, 0.2) is 23.0 Å². The van der Waals surface area contributed by atoms with Gasteiger partial charge in [-0.25, -0.2) is 0 Å². The molecule has 2 aromatic heterocycles. The lowest BCUT2D eigenvalue weighted by molar-refractivity contribution is 0.371. The lowest BCUT2D eigenvalue weighted by atomic mass is 10.4. The highest BCUT2D eigenvalue weighted by Crippen LogP contribution is 1.95. The zero-order valence-electron chi connectivity index (χ0n) is 9.26. The summed E-state index contributed by atoms with van der Waals surface area (Å²) >= 11 is 0. The third-order valence-electron chi connectivity index (χ3n) is 2.16. The van der Waals surface area contributed by atoms with Crippen molar-refractivity contribution < 1.29 is 4.52 Å². The first-order valence-corrected chi connectivity index (χ1v) is 5.32. The molecule has 0 aromatic carbocycles. The summed E-state index contributed by atoms with van der Waals surface area (Å²) in [5.74, 6) is 1.37. The Morgan fingerprint density at radius 2 is 2.38 bits per heavy atom. The van der Waals surface area contributed by atoms with Gasteiger partial charge < -0.3 is 9.84 Å². The summed E-state index contributed by atoms with van der Waals surface area (Å²) in [6.45, 7) is 4.41. The molecule has 0 fully saturated rings. The van der Waals surface area contributed by atoms with Crippen LogP contribution in [0.4, 0.5) is 0 Å². The van der Waals surface area contributed by atoms with Gasteiger partial charge in [0, 0.05) is 31.9 Å². The molecule has 0 amide bonds. The monoisotopic (exact) mass is 221 g/mol. The quantitative estimate of drug-likeness (QED) is 0.715. The van der Waals surface area contributed by atoms with Crippen molar-refractivity contribution in [3.63, 3.8) is 0 Å². The normalized spacial score (nSPS) is 10.8. The van der Waals surface area contributed by atoms with Gasteiger partial charge in [-0.3, -0.25) is 4.68 Å². The minimum absolute atomic E-state index is 0.684. The third kappa shape index (κ3) is 3.16. The SMILES string of the molecule is Cc1noc(CCNCCn2cccn2)n1. The van der Waals surface area contributed by atoms with Crippen LogP contribution < -0.4 is 5.32 Å². The molecule has 6 nitrogen and oxygen atoms in total. The minimum Gasteiger partial charge on any atom is -0.339 e. The third-order valence-corrected chi connectivity index (χ3v) is 2.16. The van der Waals surface area contributed by atoms with E-state index in [-0.39, 0.29) is 0 Å². The molecule has 0 aliphatic heterocycles. The van der Waals surface area contributed by atoms with Crippen molar-refractivity contribution in [2.45, 2.75) is 19.9 Å². The molecular formula is C10H15N5O. The van der Waals surface area contributed by atoms with E-state index in [1.165, 1.54) is 0 Å². The smallest absolute Gasteiger partial charge is 0.227 e. The first-order chi connectivity index (χ1) is 7.84. The zero-order valence-corrected chi connectivity index (χ0v) is 9.26. The summed E-state index contributed by atoms with van der Waals surface area (Å²) < 4.78 is 6.89. The predicted octanol–water partition coefficient (Wildman–Crippen LogP) is 0.407. The van der Waals surface area contributed by atoms with Crippen LogP contribution in [0.2, 0.25) is 0 Å². The number of hydrogen-bond acceptors (Lipinski definition) is 5. The van der Waals surface area contributed by atoms with E-state index >= 15 is 0 Å². The van der Waals surface area contributed by atoms with Gasteiger partial charge in [0.05, 0.1) is 6.54 Å². The van der Waals surface area contributed by atoms with Crippen LogP contribution >= 0.6 is 0 Å². The van der Waals surface area contributed by atoms with Crippen LogP contribution in [0.1, 0.15) is 11.7 Å². The van der Waals surface area contributed by atoms with E-state index in [4.69, 9.17) is 4.52 Å². The number of aromatic nitrogens is 4. The van der Waals surface area contributed by atoms with Gasteiger partial charge in [-0.15, -0.1) is 0 Å². The molecule has 6 heteroatoms. The van der Waals surface area contributed by atoms with E-state index in [0.29, 0.717) is 11.7 Å². The molecule has 0 aliphatic carbocycles. The molecule has 0 spiro atoms. The van der Waals surface area contributed by atoms with Gasteiger partial charge >= 0.3 is 0 Å². The van der Waals surface area contributed by atoms with Crippen molar-refractivity contribution in [1.29, 1.82) is 0 Å². The molecule has 0 aliphatic rings. The Bertz CT molecular complexity index is 409. The molecule has 0 saturated heterocycles. The summed E-state index contributed by atoms with van der Waals surface area (Å²) in [4.78, 5) is 4.12. The largest absolute Gasteiger partial charge is 0.339 e. The maximum atomic E-state index is 5.00. The maximum absolute atomic E-state index is 5.00. The second-order valence-electron chi connectivity index (χ2n) is 3.50. The van der Waals surface area contributed by atoms with E-state index in [1.54, 1.807) is 6.20 Å². The molecule has 0 atom stereocenters. The molecule has 0 bridgehead atoms. The number of nitrogens with zero attached hydrogens (tertiary/aromatic N) is 4. The molecule has 2 aromatic rings. The van der Waals surface area contributed by atoms with Crippen LogP contribution in [-0.4, -0.2) is 33.0 Å². The summed E-state index contributed by atoms with van der Waals surface area (Å²) in [5.41, 5.74) is 0. The van der Waals surface area contributed by atoms with Gasteiger partial charge in [-0.1, -0.05) is 5.16 Å². The van der Waals surface area contributed by atoms with Crippen molar-refractivity contribution in [3.05, 3.63) is 30.2 Å². The van der Waals surface area contributed by atoms with Crippen LogP contribution in [0.25, 0.3) is 0 Å². The Morgan fingerprint density at radius 3 is 3.06 bits per heavy atom. The number of nitrogens with one attached hydrogen (secondary N) is 1. The second-order valence-corrected chi connectivity index (χ2v) is 3.50. The van der Waals surface area contributed by atoms with Crippen LogP contribution in [0.5, 0.6) is 0 Å². The van der Waals surface area contributed by atoms with E-state index in [0.717, 1.165) is 26.1 Å². The fourth-order valence-corrected chi connectivity index (χ4v) is 1.39. The Hall–Kier alpha value is -1.69. The number of hydrogen-bond donors (Lipinski definition) is 1. The summed E-state index contributed by atoms with van der Waals surface area (Å²) in [7, 11) is 0. The highest BCUT2D eigenvalue weighted by atomic mass is 16.5. The second kappa shape index (κ2) is 5.41. The van der Waals surface area contributed by atoms with E-state index < -0.39 is 0 Å². The van der Waals surface area contributed by atoms with Gasteiger partial charge in [0.25, 0.3) is 0 Å². The van der Waals surface area contributed by atoms with Gasteiger partial charge in [-0.2, -0.15) is 10.1 Å². The van der Waals surface area contributed by atoms with Crippen LogP contribution in [-0.2, 0) is 13.0 Å². The zero-order chi connectivity index (χ0) is 11.2. The summed E-state index contributed by atoms with van der Waals surface area (Å²) in [6.07, 6.45) is 4.49. The lowest BCUT2D eigenvalue weighted by Gasteiger charge is -2.02. The van der Waals surface area contributed by atoms with Crippen LogP contribution in [0.3, 0.4) is 0 Å². The fourth-order valence-electron chi connectivity index (χ4n) is 1.39. The van der Waals surface area contributed by atoms with E-state index in [2.05, 4.69) is 20.6 Å². The lowest BCUT2D eigenvalue weighted by Crippen LogP contribution is -2.22. The molecule has 0 radical (unpaired) electrons. The maximum Gasteiger partial charge on any atom is 0.227 e. The molecule has 0 unspecified atom stereocenters. The molecule has 2 heterocycles. The van der Waals surface area contributed by atoms with Gasteiger partial charge in [0.2, 0.25) is 5.89 Å². The Kier molecular flexibility index (Phi) is 3.66. The predicted molar refractivity (Wildman–Crippen MR) is 57.8 cm³/mol. The van der Waals surface area contributed by atoms with Crippen molar-refractivity contribution in [1.82, 2.24) is 25.2 Å². The molecular weight excluding hydrogens is 206 g/mol. The van der Waals surface area contributed by atoms with Crippen LogP contribution in [0, 0.1) is 6.92 Å². The van der Waals surface area contributed by atoms with E-state index in [9.17, 15) is 0 Å². The minimum atomic E-state index is 0.684. The summed E-state index contributed by atoms with van der Waals surface area (Å²) in [6, 6.07) is 1.92. The van der Waals surface area contributed by atoms with Crippen molar-refractivity contribution in [2.75, 3.05) is 13.1 Å². The molecule has 1 N–H and O–H groups in total. The highest BCUT2D eigenvalue weighted by molar-refractivity contribution is 4.83.